The molecule has 3 fully saturated rings. The molecule has 2 atom stereocenters. The minimum atomic E-state index is -4.83. The Kier molecular flexibility index (Phi) is 6.57. The number of fused-ring (bicyclic) bond motifs is 2. The molecule has 5 heterocycles. The van der Waals surface area contributed by atoms with Crippen LogP contribution in [0.15, 0.2) is 44.7 Å². The maximum Gasteiger partial charge on any atom is 0.573 e. The van der Waals surface area contributed by atoms with Crippen LogP contribution in [0, 0.1) is 0 Å². The summed E-state index contributed by atoms with van der Waals surface area (Å²) in [7, 11) is 0. The van der Waals surface area contributed by atoms with Crippen molar-refractivity contribution in [3.05, 3.63) is 51.9 Å². The van der Waals surface area contributed by atoms with E-state index in [9.17, 15) is 18.0 Å². The maximum atomic E-state index is 13.1. The lowest BCUT2D eigenvalue weighted by atomic mass is 9.99. The molecule has 1 saturated carbocycles. The first-order valence-corrected chi connectivity index (χ1v) is 14.4. The van der Waals surface area contributed by atoms with Gasteiger partial charge in [0.05, 0.1) is 23.2 Å². The number of rotatable bonds is 9. The number of ether oxygens (including phenoxy) is 2. The van der Waals surface area contributed by atoms with Crippen molar-refractivity contribution in [3.63, 3.8) is 0 Å². The van der Waals surface area contributed by atoms with Gasteiger partial charge in [-0.15, -0.1) is 29.6 Å². The van der Waals surface area contributed by atoms with Gasteiger partial charge in [0.2, 0.25) is 0 Å². The van der Waals surface area contributed by atoms with Crippen LogP contribution in [0.3, 0.4) is 0 Å². The SMILES string of the molecule is O=Cc1cc(-c2nnc(N3C4CCC3CC(OCc3c(-c5ccccc5OC(F)(F)F)noc3C3CC3)C4)o2)cs1. The zero-order valence-corrected chi connectivity index (χ0v) is 22.5. The Bertz CT molecular complexity index is 1550. The second-order valence-electron chi connectivity index (χ2n) is 10.6. The molecule has 2 aliphatic heterocycles. The normalized spacial score (nSPS) is 22.3. The van der Waals surface area contributed by atoms with E-state index in [1.807, 2.05) is 5.38 Å². The standard InChI is InChI=1S/C28H25F3N4O5S/c29-28(30,31)39-23-4-2-1-3-21(23)24-22(25(40-34-24)15-5-6-15)13-37-19-10-17-7-8-18(11-19)35(17)27-33-32-26(38-27)16-9-20(12-36)41-14-16/h1-4,9,12,14-15,17-19H,5-8,10-11,13H2. The first-order valence-electron chi connectivity index (χ1n) is 13.5. The highest BCUT2D eigenvalue weighted by molar-refractivity contribution is 7.12. The zero-order valence-electron chi connectivity index (χ0n) is 21.7. The van der Waals surface area contributed by atoms with Gasteiger partial charge in [0.25, 0.3) is 5.89 Å². The van der Waals surface area contributed by atoms with Gasteiger partial charge in [-0.05, 0) is 56.7 Å². The Morgan fingerprint density at radius 1 is 1.10 bits per heavy atom. The molecule has 214 valence electrons. The van der Waals surface area contributed by atoms with Gasteiger partial charge in [0.1, 0.15) is 17.2 Å². The first-order chi connectivity index (χ1) is 19.9. The van der Waals surface area contributed by atoms with Crippen LogP contribution in [-0.4, -0.2) is 46.2 Å². The summed E-state index contributed by atoms with van der Waals surface area (Å²) in [6.07, 6.45) is 1.21. The Morgan fingerprint density at radius 2 is 1.88 bits per heavy atom. The van der Waals surface area contributed by atoms with E-state index in [4.69, 9.17) is 13.7 Å². The Balaban J connectivity index is 1.07. The van der Waals surface area contributed by atoms with Gasteiger partial charge in [-0.1, -0.05) is 22.4 Å². The molecular formula is C28H25F3N4O5S. The Hall–Kier alpha value is -3.71. The van der Waals surface area contributed by atoms with Crippen molar-refractivity contribution in [1.29, 1.82) is 0 Å². The fourth-order valence-electron chi connectivity index (χ4n) is 5.96. The lowest BCUT2D eigenvalue weighted by Crippen LogP contribution is -2.45. The van der Waals surface area contributed by atoms with Gasteiger partial charge in [-0.3, -0.25) is 4.79 Å². The summed E-state index contributed by atoms with van der Waals surface area (Å²) in [5.74, 6) is 0.921. The zero-order chi connectivity index (χ0) is 28.1. The average molecular weight is 587 g/mol. The van der Waals surface area contributed by atoms with Crippen molar-refractivity contribution in [2.24, 2.45) is 0 Å². The van der Waals surface area contributed by atoms with Crippen molar-refractivity contribution in [1.82, 2.24) is 15.4 Å². The minimum absolute atomic E-state index is 0.0605. The second-order valence-corrected chi connectivity index (χ2v) is 11.6. The third-order valence-electron chi connectivity index (χ3n) is 7.91. The molecule has 4 aromatic rings. The number of aromatic nitrogens is 3. The molecule has 3 aromatic heterocycles. The van der Waals surface area contributed by atoms with Crippen LogP contribution in [0.4, 0.5) is 19.2 Å². The third kappa shape index (κ3) is 5.23. The molecule has 0 spiro atoms. The smallest absolute Gasteiger partial charge is 0.405 e. The molecule has 41 heavy (non-hydrogen) atoms. The van der Waals surface area contributed by atoms with Crippen molar-refractivity contribution >= 4 is 23.6 Å². The van der Waals surface area contributed by atoms with Crippen molar-refractivity contribution in [3.8, 4) is 28.5 Å². The van der Waals surface area contributed by atoms with Gasteiger partial charge < -0.3 is 23.3 Å². The molecule has 3 aliphatic rings. The lowest BCUT2D eigenvalue weighted by molar-refractivity contribution is -0.274. The molecule has 13 heteroatoms. The number of piperidine rings is 1. The van der Waals surface area contributed by atoms with Crippen molar-refractivity contribution < 1.29 is 36.4 Å². The third-order valence-corrected chi connectivity index (χ3v) is 8.76. The van der Waals surface area contributed by atoms with E-state index < -0.39 is 6.36 Å². The summed E-state index contributed by atoms with van der Waals surface area (Å²) in [6, 6.07) is 8.46. The van der Waals surface area contributed by atoms with E-state index in [-0.39, 0.29) is 42.0 Å². The van der Waals surface area contributed by atoms with Crippen LogP contribution in [0.25, 0.3) is 22.7 Å². The first kappa shape index (κ1) is 26.2. The number of anilines is 1. The van der Waals surface area contributed by atoms with E-state index in [1.54, 1.807) is 18.2 Å². The van der Waals surface area contributed by atoms with Crippen LogP contribution >= 0.6 is 11.3 Å². The van der Waals surface area contributed by atoms with Gasteiger partial charge in [-0.2, -0.15) is 0 Å². The average Bonchev–Trinajstić information content (AvgIpc) is 3.28. The number of carbonyl (C=O) groups excluding carboxylic acids is 1. The highest BCUT2D eigenvalue weighted by Gasteiger charge is 2.44. The number of benzene rings is 1. The van der Waals surface area contributed by atoms with Crippen LogP contribution in [0.5, 0.6) is 5.75 Å². The number of halogens is 3. The number of aldehydes is 1. The molecule has 0 amide bonds. The predicted octanol–water partition coefficient (Wildman–Crippen LogP) is 6.76. The molecule has 1 aliphatic carbocycles. The predicted molar refractivity (Wildman–Crippen MR) is 141 cm³/mol. The molecule has 7 rings (SSSR count). The van der Waals surface area contributed by atoms with Crippen molar-refractivity contribution in [2.45, 2.75) is 75.6 Å². The summed E-state index contributed by atoms with van der Waals surface area (Å²) in [5.41, 5.74) is 1.93. The Morgan fingerprint density at radius 3 is 2.59 bits per heavy atom. The van der Waals surface area contributed by atoms with Gasteiger partial charge in [-0.25, -0.2) is 0 Å². The Labute approximate surface area is 236 Å². The summed E-state index contributed by atoms with van der Waals surface area (Å²) < 4.78 is 61.6. The molecule has 2 saturated heterocycles. The number of hydrogen-bond acceptors (Lipinski definition) is 10. The summed E-state index contributed by atoms with van der Waals surface area (Å²) >= 11 is 1.32. The van der Waals surface area contributed by atoms with E-state index in [1.165, 1.54) is 23.5 Å². The number of carbonyl (C=O) groups is 1. The maximum absolute atomic E-state index is 13.1. The fraction of sp³-hybridized carbons (Fsp3) is 0.429. The van der Waals surface area contributed by atoms with E-state index in [0.717, 1.165) is 50.4 Å². The molecular weight excluding hydrogens is 561 g/mol. The van der Waals surface area contributed by atoms with Gasteiger partial charge in [0, 0.05) is 34.5 Å². The minimum Gasteiger partial charge on any atom is -0.405 e. The number of hydrogen-bond donors (Lipinski definition) is 0. The topological polar surface area (TPSA) is 104 Å². The highest BCUT2D eigenvalue weighted by atomic mass is 32.1. The fourth-order valence-corrected chi connectivity index (χ4v) is 6.64. The van der Waals surface area contributed by atoms with Crippen molar-refractivity contribution in [2.75, 3.05) is 4.90 Å². The van der Waals surface area contributed by atoms with Crippen LogP contribution in [0.2, 0.25) is 0 Å². The van der Waals surface area contributed by atoms with Gasteiger partial charge >= 0.3 is 12.4 Å². The van der Waals surface area contributed by atoms with Crippen LogP contribution < -0.4 is 9.64 Å². The van der Waals surface area contributed by atoms with Crippen LogP contribution in [-0.2, 0) is 11.3 Å². The molecule has 2 unspecified atom stereocenters. The second kappa shape index (κ2) is 10.3. The van der Waals surface area contributed by atoms with Gasteiger partial charge in [0.15, 0.2) is 6.29 Å². The summed E-state index contributed by atoms with van der Waals surface area (Å²) in [6.45, 7) is 0.178. The molecule has 1 aromatic carbocycles. The molecule has 9 nitrogen and oxygen atoms in total. The lowest BCUT2D eigenvalue weighted by Gasteiger charge is -2.37. The molecule has 2 bridgehead atoms. The van der Waals surface area contributed by atoms with E-state index in [0.29, 0.717) is 33.8 Å². The van der Waals surface area contributed by atoms with E-state index >= 15 is 0 Å². The summed E-state index contributed by atoms with van der Waals surface area (Å²) in [5, 5.41) is 14.5. The molecule has 0 radical (unpaired) electrons. The monoisotopic (exact) mass is 586 g/mol. The van der Waals surface area contributed by atoms with E-state index in [2.05, 4.69) is 25.0 Å². The van der Waals surface area contributed by atoms with Crippen LogP contribution in [0.1, 0.15) is 65.4 Å². The molecule has 0 N–H and O–H groups in total. The quantitative estimate of drug-likeness (QED) is 0.197. The summed E-state index contributed by atoms with van der Waals surface area (Å²) in [4.78, 5) is 13.8. The largest absolute Gasteiger partial charge is 0.573 e. The number of nitrogens with zero attached hydrogens (tertiary/aromatic N) is 4. The number of alkyl halides is 3. The number of thiophene rings is 1. The highest BCUT2D eigenvalue weighted by Crippen LogP contribution is 2.46. The number of para-hydroxylation sites is 1.